The molecule has 1 aliphatic rings. The molecule has 4 nitrogen and oxygen atoms in total. The van der Waals surface area contributed by atoms with Gasteiger partial charge in [0.05, 0.1) is 0 Å². The third-order valence-electron chi connectivity index (χ3n) is 4.40. The largest absolute Gasteiger partial charge is 0.340 e. The molecule has 3 rings (SSSR count). The highest BCUT2D eigenvalue weighted by Crippen LogP contribution is 2.11. The number of carbonyl (C=O) groups excluding carboxylic acids is 1. The molecule has 1 amide bonds. The maximum Gasteiger partial charge on any atom is 0.222 e. The Morgan fingerprint density at radius 2 is 1.79 bits per heavy atom. The van der Waals surface area contributed by atoms with Gasteiger partial charge in [0.1, 0.15) is 5.82 Å². The molecule has 0 N–H and O–H groups in total. The number of hydrogen-bond acceptors (Lipinski definition) is 3. The van der Waals surface area contributed by atoms with E-state index < -0.39 is 0 Å². The molecule has 1 saturated heterocycles. The van der Waals surface area contributed by atoms with Gasteiger partial charge in [0.15, 0.2) is 0 Å². The van der Waals surface area contributed by atoms with Gasteiger partial charge in [-0.3, -0.25) is 14.7 Å². The first kappa shape index (κ1) is 16.6. The Hall–Kier alpha value is -2.27. The number of hydrogen-bond donors (Lipinski definition) is 0. The first-order valence-corrected chi connectivity index (χ1v) is 8.34. The Kier molecular flexibility index (Phi) is 5.54. The summed E-state index contributed by atoms with van der Waals surface area (Å²) in [6.45, 7) is 3.88. The number of halogens is 1. The smallest absolute Gasteiger partial charge is 0.222 e. The van der Waals surface area contributed by atoms with Crippen LogP contribution in [0.15, 0.2) is 48.8 Å². The van der Waals surface area contributed by atoms with E-state index in [9.17, 15) is 9.18 Å². The number of aryl methyl sites for hydroxylation is 1. The molecule has 0 bridgehead atoms. The van der Waals surface area contributed by atoms with Crippen LogP contribution < -0.4 is 0 Å². The van der Waals surface area contributed by atoms with Crippen LogP contribution in [-0.2, 0) is 17.8 Å². The van der Waals surface area contributed by atoms with Gasteiger partial charge in [-0.05, 0) is 41.8 Å². The maximum absolute atomic E-state index is 13.2. The van der Waals surface area contributed by atoms with Crippen molar-refractivity contribution in [2.45, 2.75) is 19.4 Å². The monoisotopic (exact) mass is 327 g/mol. The minimum atomic E-state index is -0.197. The van der Waals surface area contributed by atoms with Crippen molar-refractivity contribution in [2.24, 2.45) is 0 Å². The van der Waals surface area contributed by atoms with E-state index in [1.807, 2.05) is 23.1 Å². The normalized spacial score (nSPS) is 15.5. The molecule has 1 aromatic carbocycles. The lowest BCUT2D eigenvalue weighted by atomic mass is 10.1. The predicted octanol–water partition coefficient (Wildman–Crippen LogP) is 2.50. The average molecular weight is 327 g/mol. The number of benzene rings is 1. The zero-order chi connectivity index (χ0) is 16.8. The zero-order valence-corrected chi connectivity index (χ0v) is 13.7. The molecule has 0 unspecified atom stereocenters. The molecule has 0 saturated carbocycles. The molecule has 1 aliphatic heterocycles. The Balaban J connectivity index is 1.43. The summed E-state index contributed by atoms with van der Waals surface area (Å²) < 4.78 is 13.2. The zero-order valence-electron chi connectivity index (χ0n) is 13.7. The number of rotatable bonds is 5. The van der Waals surface area contributed by atoms with Gasteiger partial charge < -0.3 is 4.90 Å². The summed E-state index contributed by atoms with van der Waals surface area (Å²) in [5.41, 5.74) is 2.12. The summed E-state index contributed by atoms with van der Waals surface area (Å²) in [7, 11) is 0. The van der Waals surface area contributed by atoms with Gasteiger partial charge in [0, 0.05) is 51.5 Å². The Morgan fingerprint density at radius 1 is 1.04 bits per heavy atom. The SMILES string of the molecule is O=C(CCc1ccncc1)N1CCN(Cc2cccc(F)c2)CC1. The van der Waals surface area contributed by atoms with Crippen LogP contribution in [0.5, 0.6) is 0 Å². The third-order valence-corrected chi connectivity index (χ3v) is 4.40. The summed E-state index contributed by atoms with van der Waals surface area (Å²) in [6, 6.07) is 10.6. The second-order valence-electron chi connectivity index (χ2n) is 6.14. The number of aromatic nitrogens is 1. The molecular weight excluding hydrogens is 305 g/mol. The first-order chi connectivity index (χ1) is 11.7. The van der Waals surface area contributed by atoms with Crippen LogP contribution in [0.1, 0.15) is 17.5 Å². The summed E-state index contributed by atoms with van der Waals surface area (Å²) in [4.78, 5) is 20.5. The van der Waals surface area contributed by atoms with E-state index in [1.54, 1.807) is 24.5 Å². The fraction of sp³-hybridized carbons (Fsp3) is 0.368. The summed E-state index contributed by atoms with van der Waals surface area (Å²) in [6.07, 6.45) is 4.80. The van der Waals surface area contributed by atoms with Crippen LogP contribution in [0.3, 0.4) is 0 Å². The minimum absolute atomic E-state index is 0.197. The summed E-state index contributed by atoms with van der Waals surface area (Å²) in [5.74, 6) is 0.00893. The lowest BCUT2D eigenvalue weighted by Crippen LogP contribution is -2.48. The average Bonchev–Trinajstić information content (AvgIpc) is 2.61. The van der Waals surface area contributed by atoms with Gasteiger partial charge in [0.25, 0.3) is 0 Å². The molecule has 24 heavy (non-hydrogen) atoms. The van der Waals surface area contributed by atoms with Gasteiger partial charge in [-0.15, -0.1) is 0 Å². The fourth-order valence-electron chi connectivity index (χ4n) is 3.01. The highest BCUT2D eigenvalue weighted by atomic mass is 19.1. The van der Waals surface area contributed by atoms with E-state index >= 15 is 0 Å². The number of piperazine rings is 1. The number of carbonyl (C=O) groups is 1. The summed E-state index contributed by atoms with van der Waals surface area (Å²) in [5, 5.41) is 0. The van der Waals surface area contributed by atoms with E-state index in [0.29, 0.717) is 6.42 Å². The molecular formula is C19H22FN3O. The van der Waals surface area contributed by atoms with Crippen molar-refractivity contribution < 1.29 is 9.18 Å². The van der Waals surface area contributed by atoms with Gasteiger partial charge >= 0.3 is 0 Å². The molecule has 0 spiro atoms. The van der Waals surface area contributed by atoms with Crippen LogP contribution in [0, 0.1) is 5.82 Å². The van der Waals surface area contributed by atoms with Crippen molar-refractivity contribution in [1.82, 2.24) is 14.8 Å². The lowest BCUT2D eigenvalue weighted by Gasteiger charge is -2.34. The maximum atomic E-state index is 13.2. The second-order valence-corrected chi connectivity index (χ2v) is 6.14. The van der Waals surface area contributed by atoms with E-state index in [2.05, 4.69) is 9.88 Å². The minimum Gasteiger partial charge on any atom is -0.340 e. The van der Waals surface area contributed by atoms with E-state index in [4.69, 9.17) is 0 Å². The van der Waals surface area contributed by atoms with Crippen LogP contribution in [-0.4, -0.2) is 46.9 Å². The van der Waals surface area contributed by atoms with E-state index in [-0.39, 0.29) is 11.7 Å². The van der Waals surface area contributed by atoms with Gasteiger partial charge in [0.2, 0.25) is 5.91 Å². The van der Waals surface area contributed by atoms with E-state index in [0.717, 1.165) is 50.3 Å². The Bertz CT molecular complexity index is 669. The standard InChI is InChI=1S/C19H22FN3O/c20-18-3-1-2-17(14-18)15-22-10-12-23(13-11-22)19(24)5-4-16-6-8-21-9-7-16/h1-3,6-9,14H,4-5,10-13,15H2. The lowest BCUT2D eigenvalue weighted by molar-refractivity contribution is -0.133. The fourth-order valence-corrected chi connectivity index (χ4v) is 3.01. The quantitative estimate of drug-likeness (QED) is 0.847. The van der Waals surface area contributed by atoms with Crippen molar-refractivity contribution in [1.29, 1.82) is 0 Å². The second kappa shape index (κ2) is 8.02. The van der Waals surface area contributed by atoms with Crippen LogP contribution in [0.2, 0.25) is 0 Å². The van der Waals surface area contributed by atoms with Gasteiger partial charge in [-0.25, -0.2) is 4.39 Å². The Labute approximate surface area is 141 Å². The molecule has 0 atom stereocenters. The summed E-state index contributed by atoms with van der Waals surface area (Å²) >= 11 is 0. The van der Waals surface area contributed by atoms with Crippen LogP contribution in [0.4, 0.5) is 4.39 Å². The van der Waals surface area contributed by atoms with Crippen molar-refractivity contribution in [2.75, 3.05) is 26.2 Å². The highest BCUT2D eigenvalue weighted by Gasteiger charge is 2.20. The molecule has 2 aromatic rings. The third kappa shape index (κ3) is 4.61. The van der Waals surface area contributed by atoms with Crippen molar-refractivity contribution in [3.05, 3.63) is 65.7 Å². The Morgan fingerprint density at radius 3 is 2.50 bits per heavy atom. The van der Waals surface area contributed by atoms with Gasteiger partial charge in [-0.1, -0.05) is 12.1 Å². The molecule has 1 fully saturated rings. The predicted molar refractivity (Wildman–Crippen MR) is 90.8 cm³/mol. The van der Waals surface area contributed by atoms with Gasteiger partial charge in [-0.2, -0.15) is 0 Å². The molecule has 1 aromatic heterocycles. The van der Waals surface area contributed by atoms with Crippen molar-refractivity contribution in [3.8, 4) is 0 Å². The van der Waals surface area contributed by atoms with Crippen molar-refractivity contribution in [3.63, 3.8) is 0 Å². The number of nitrogens with zero attached hydrogens (tertiary/aromatic N) is 3. The van der Waals surface area contributed by atoms with E-state index in [1.165, 1.54) is 6.07 Å². The number of amides is 1. The molecule has 126 valence electrons. The molecule has 0 radical (unpaired) electrons. The van der Waals surface area contributed by atoms with Crippen LogP contribution in [0.25, 0.3) is 0 Å². The molecule has 2 heterocycles. The molecule has 0 aliphatic carbocycles. The van der Waals surface area contributed by atoms with Crippen LogP contribution >= 0.6 is 0 Å². The molecule has 5 heteroatoms. The van der Waals surface area contributed by atoms with Crippen molar-refractivity contribution >= 4 is 5.91 Å². The number of pyridine rings is 1. The highest BCUT2D eigenvalue weighted by molar-refractivity contribution is 5.76. The first-order valence-electron chi connectivity index (χ1n) is 8.34. The topological polar surface area (TPSA) is 36.4 Å².